The van der Waals surface area contributed by atoms with Gasteiger partial charge in [-0.05, 0) is 0 Å². The summed E-state index contributed by atoms with van der Waals surface area (Å²) >= 11 is 0. The molecule has 0 aliphatic carbocycles. The Kier molecular flexibility index (Phi) is 1.31. The lowest BCUT2D eigenvalue weighted by molar-refractivity contribution is 0.874. The van der Waals surface area contributed by atoms with Gasteiger partial charge in [-0.2, -0.15) is 0 Å². The number of hydrogen-bond acceptors (Lipinski definition) is 5. The van der Waals surface area contributed by atoms with E-state index in [0.29, 0.717) is 23.7 Å². The van der Waals surface area contributed by atoms with E-state index in [9.17, 15) is 0 Å². The van der Waals surface area contributed by atoms with Crippen LogP contribution in [0.25, 0.3) is 16.8 Å². The smallest absolute Gasteiger partial charge is 0.189 e. The lowest BCUT2D eigenvalue weighted by Gasteiger charge is -1.94. The van der Waals surface area contributed by atoms with E-state index in [1.54, 1.807) is 17.1 Å². The summed E-state index contributed by atoms with van der Waals surface area (Å²) in [7, 11) is 0. The Morgan fingerprint density at radius 2 is 2.29 bits per heavy atom. The molecule has 0 fully saturated rings. The van der Waals surface area contributed by atoms with Crippen molar-refractivity contribution in [3.05, 3.63) is 18.5 Å². The second-order valence-electron chi connectivity index (χ2n) is 2.86. The molecule has 0 aliphatic rings. The molecule has 0 spiro atoms. The molecule has 0 atom stereocenters. The highest BCUT2D eigenvalue weighted by atomic mass is 15.3. The highest BCUT2D eigenvalue weighted by molar-refractivity contribution is 5.84. The number of imidazole rings is 1. The standard InChI is InChI=1S/C7H7N7/c8-1-4-12-13-7-5-6(10-2-9-5)11-3-14(4)7/h2-3H,1,8H2,(H,9,10). The number of aromatic amines is 1. The third-order valence-electron chi connectivity index (χ3n) is 2.09. The van der Waals surface area contributed by atoms with Crippen molar-refractivity contribution in [2.24, 2.45) is 5.73 Å². The molecule has 0 aromatic carbocycles. The van der Waals surface area contributed by atoms with Crippen molar-refractivity contribution in [2.45, 2.75) is 6.54 Å². The van der Waals surface area contributed by atoms with Crippen LogP contribution in [0.2, 0.25) is 0 Å². The largest absolute Gasteiger partial charge is 0.340 e. The minimum atomic E-state index is 0.336. The molecular weight excluding hydrogens is 182 g/mol. The van der Waals surface area contributed by atoms with Gasteiger partial charge in [0.2, 0.25) is 0 Å². The number of H-pyrrole nitrogens is 1. The molecule has 7 heteroatoms. The maximum absolute atomic E-state index is 5.50. The first-order valence-corrected chi connectivity index (χ1v) is 4.12. The summed E-state index contributed by atoms with van der Waals surface area (Å²) in [6.45, 7) is 0.336. The minimum Gasteiger partial charge on any atom is -0.340 e. The Hall–Kier alpha value is -2.02. The highest BCUT2D eigenvalue weighted by Gasteiger charge is 2.09. The number of nitrogens with zero attached hydrogens (tertiary/aromatic N) is 5. The molecular formula is C7H7N7. The first kappa shape index (κ1) is 7.39. The summed E-state index contributed by atoms with van der Waals surface area (Å²) in [5.74, 6) is 0.684. The van der Waals surface area contributed by atoms with Gasteiger partial charge in [0.15, 0.2) is 17.1 Å². The van der Waals surface area contributed by atoms with Crippen LogP contribution in [-0.2, 0) is 6.54 Å². The molecule has 7 nitrogen and oxygen atoms in total. The first-order chi connectivity index (χ1) is 6.90. The SMILES string of the molecule is NCc1nnc2c3[nH]cnc3ncn12. The van der Waals surface area contributed by atoms with Gasteiger partial charge in [0.05, 0.1) is 12.9 Å². The lowest BCUT2D eigenvalue weighted by Crippen LogP contribution is -2.02. The van der Waals surface area contributed by atoms with Crippen LogP contribution in [0.15, 0.2) is 12.7 Å². The average molecular weight is 189 g/mol. The third kappa shape index (κ3) is 0.787. The molecule has 70 valence electrons. The van der Waals surface area contributed by atoms with Crippen LogP contribution in [0.1, 0.15) is 5.82 Å². The van der Waals surface area contributed by atoms with Crippen LogP contribution in [0.3, 0.4) is 0 Å². The molecule has 3 N–H and O–H groups in total. The van der Waals surface area contributed by atoms with E-state index in [1.165, 1.54) is 0 Å². The summed E-state index contributed by atoms with van der Waals surface area (Å²) < 4.78 is 1.75. The number of fused-ring (bicyclic) bond motifs is 3. The van der Waals surface area contributed by atoms with Gasteiger partial charge in [-0.25, -0.2) is 9.97 Å². The Balaban J connectivity index is 2.52. The number of nitrogens with one attached hydrogen (secondary N) is 1. The van der Waals surface area contributed by atoms with E-state index in [4.69, 9.17) is 5.73 Å². The summed E-state index contributed by atoms with van der Waals surface area (Å²) in [5.41, 5.74) is 7.61. The van der Waals surface area contributed by atoms with Crippen molar-refractivity contribution in [1.29, 1.82) is 0 Å². The van der Waals surface area contributed by atoms with E-state index in [-0.39, 0.29) is 0 Å². The molecule has 0 aliphatic heterocycles. The molecule has 3 aromatic rings. The predicted octanol–water partition coefficient (Wildman–Crippen LogP) is -0.541. The maximum atomic E-state index is 5.50. The Labute approximate surface area is 78.0 Å². The van der Waals surface area contributed by atoms with Crippen LogP contribution in [0.5, 0.6) is 0 Å². The zero-order valence-electron chi connectivity index (χ0n) is 7.18. The molecule has 14 heavy (non-hydrogen) atoms. The van der Waals surface area contributed by atoms with E-state index >= 15 is 0 Å². The number of rotatable bonds is 1. The molecule has 3 rings (SSSR count). The predicted molar refractivity (Wildman–Crippen MR) is 48.3 cm³/mol. The molecule has 0 saturated heterocycles. The second kappa shape index (κ2) is 2.48. The summed E-state index contributed by atoms with van der Waals surface area (Å²) in [5, 5.41) is 7.96. The van der Waals surface area contributed by atoms with Crippen molar-refractivity contribution in [3.8, 4) is 0 Å². The van der Waals surface area contributed by atoms with Gasteiger partial charge in [0.25, 0.3) is 0 Å². The second-order valence-corrected chi connectivity index (χ2v) is 2.86. The van der Waals surface area contributed by atoms with Gasteiger partial charge in [-0.1, -0.05) is 0 Å². The van der Waals surface area contributed by atoms with Crippen LogP contribution in [-0.4, -0.2) is 29.5 Å². The first-order valence-electron chi connectivity index (χ1n) is 4.12. The van der Waals surface area contributed by atoms with E-state index in [2.05, 4.69) is 25.1 Å². The van der Waals surface area contributed by atoms with Crippen molar-refractivity contribution in [1.82, 2.24) is 29.5 Å². The summed E-state index contributed by atoms with van der Waals surface area (Å²) in [6.07, 6.45) is 3.20. The maximum Gasteiger partial charge on any atom is 0.189 e. The van der Waals surface area contributed by atoms with Crippen molar-refractivity contribution in [2.75, 3.05) is 0 Å². The quantitative estimate of drug-likeness (QED) is 0.535. The Bertz CT molecular complexity index is 592. The van der Waals surface area contributed by atoms with Gasteiger partial charge >= 0.3 is 0 Å². The highest BCUT2D eigenvalue weighted by Crippen LogP contribution is 2.12. The molecule has 0 amide bonds. The van der Waals surface area contributed by atoms with Crippen molar-refractivity contribution in [3.63, 3.8) is 0 Å². The van der Waals surface area contributed by atoms with Gasteiger partial charge in [0, 0.05) is 0 Å². The Morgan fingerprint density at radius 3 is 3.14 bits per heavy atom. The molecule has 0 unspecified atom stereocenters. The van der Waals surface area contributed by atoms with Gasteiger partial charge in [0.1, 0.15) is 11.8 Å². The van der Waals surface area contributed by atoms with E-state index < -0.39 is 0 Å². The van der Waals surface area contributed by atoms with Gasteiger partial charge < -0.3 is 10.7 Å². The van der Waals surface area contributed by atoms with Crippen LogP contribution < -0.4 is 5.73 Å². The summed E-state index contributed by atoms with van der Waals surface area (Å²) in [6, 6.07) is 0. The third-order valence-corrected chi connectivity index (χ3v) is 2.09. The zero-order valence-corrected chi connectivity index (χ0v) is 7.18. The minimum absolute atomic E-state index is 0.336. The van der Waals surface area contributed by atoms with Crippen molar-refractivity contribution >= 4 is 16.8 Å². The number of aromatic nitrogens is 6. The molecule has 0 bridgehead atoms. The fraction of sp³-hybridized carbons (Fsp3) is 0.143. The van der Waals surface area contributed by atoms with Gasteiger partial charge in [-0.15, -0.1) is 10.2 Å². The van der Waals surface area contributed by atoms with E-state index in [1.807, 2.05) is 0 Å². The summed E-state index contributed by atoms with van der Waals surface area (Å²) in [4.78, 5) is 11.1. The number of hydrogen-bond donors (Lipinski definition) is 2. The van der Waals surface area contributed by atoms with Crippen molar-refractivity contribution < 1.29 is 0 Å². The fourth-order valence-corrected chi connectivity index (χ4v) is 1.42. The molecule has 3 heterocycles. The molecule has 3 aromatic heterocycles. The fourth-order valence-electron chi connectivity index (χ4n) is 1.42. The Morgan fingerprint density at radius 1 is 1.36 bits per heavy atom. The van der Waals surface area contributed by atoms with Gasteiger partial charge in [-0.3, -0.25) is 4.40 Å². The topological polar surface area (TPSA) is 97.8 Å². The lowest BCUT2D eigenvalue weighted by atomic mass is 10.5. The molecule has 0 radical (unpaired) electrons. The monoisotopic (exact) mass is 189 g/mol. The van der Waals surface area contributed by atoms with E-state index in [0.717, 1.165) is 5.52 Å². The molecule has 0 saturated carbocycles. The average Bonchev–Trinajstić information content (AvgIpc) is 2.82. The normalized spacial score (nSPS) is 11.5. The number of nitrogens with two attached hydrogens (primary N) is 1. The van der Waals surface area contributed by atoms with Crippen LogP contribution in [0, 0.1) is 0 Å². The van der Waals surface area contributed by atoms with Crippen LogP contribution >= 0.6 is 0 Å². The zero-order chi connectivity index (χ0) is 9.54. The van der Waals surface area contributed by atoms with Crippen LogP contribution in [0.4, 0.5) is 0 Å².